The van der Waals surface area contributed by atoms with Gasteiger partial charge in [0.15, 0.2) is 0 Å². The summed E-state index contributed by atoms with van der Waals surface area (Å²) in [5.41, 5.74) is 1.94. The van der Waals surface area contributed by atoms with Gasteiger partial charge in [0, 0.05) is 32.7 Å². The second-order valence-electron chi connectivity index (χ2n) is 6.96. The molecule has 3 rings (SSSR count). The smallest absolute Gasteiger partial charge is 0.410 e. The normalized spacial score (nSPS) is 15.3. The van der Waals surface area contributed by atoms with Gasteiger partial charge in [-0.05, 0) is 24.6 Å². The maximum absolute atomic E-state index is 12.2. The number of carbonyl (C=O) groups is 1. The van der Waals surface area contributed by atoms with Crippen LogP contribution in [-0.2, 0) is 25.6 Å². The van der Waals surface area contributed by atoms with Crippen molar-refractivity contribution in [3.05, 3.63) is 65.7 Å². The molecule has 1 aliphatic heterocycles. The molecule has 1 saturated heterocycles. The van der Waals surface area contributed by atoms with Crippen LogP contribution in [-0.4, -0.2) is 63.6 Å². The number of ether oxygens (including phenoxy) is 1. The van der Waals surface area contributed by atoms with Crippen LogP contribution in [0.3, 0.4) is 0 Å². The fourth-order valence-electron chi connectivity index (χ4n) is 3.01. The van der Waals surface area contributed by atoms with Gasteiger partial charge >= 0.3 is 6.09 Å². The van der Waals surface area contributed by atoms with Gasteiger partial charge in [0.25, 0.3) is 10.1 Å². The number of aryl methyl sites for hydroxylation is 1. The molecule has 8 heteroatoms. The number of hydrogen-bond acceptors (Lipinski definition) is 6. The quantitative estimate of drug-likeness (QED) is 0.644. The molecular weight excluding hydrogens is 392 g/mol. The molecule has 0 N–H and O–H groups in total. The average Bonchev–Trinajstić information content (AvgIpc) is 2.73. The van der Waals surface area contributed by atoms with Gasteiger partial charge in [0.2, 0.25) is 0 Å². The fourth-order valence-corrected chi connectivity index (χ4v) is 3.91. The van der Waals surface area contributed by atoms with Crippen molar-refractivity contribution in [2.75, 3.05) is 39.3 Å². The number of nitrogens with zero attached hydrogens (tertiary/aromatic N) is 2. The molecule has 0 bridgehead atoms. The zero-order chi connectivity index (χ0) is 20.7. The van der Waals surface area contributed by atoms with E-state index < -0.39 is 10.1 Å². The van der Waals surface area contributed by atoms with Crippen LogP contribution in [0.15, 0.2) is 59.5 Å². The zero-order valence-corrected chi connectivity index (χ0v) is 17.3. The number of hydrogen-bond donors (Lipinski definition) is 0. The van der Waals surface area contributed by atoms with E-state index in [1.54, 1.807) is 29.2 Å². The van der Waals surface area contributed by atoms with E-state index in [1.165, 1.54) is 0 Å². The standard InChI is InChI=1S/C21H26N2O5S/c1-18-7-9-20(10-8-18)29(25,26)28-16-15-22-11-13-23(14-12-22)21(24)27-17-19-5-3-2-4-6-19/h2-10H,11-17H2,1H3. The summed E-state index contributed by atoms with van der Waals surface area (Å²) in [6.45, 7) is 5.09. The first-order valence-electron chi connectivity index (χ1n) is 9.58. The molecule has 1 amide bonds. The van der Waals surface area contributed by atoms with E-state index in [2.05, 4.69) is 4.90 Å². The van der Waals surface area contributed by atoms with Gasteiger partial charge in [-0.2, -0.15) is 8.42 Å². The van der Waals surface area contributed by atoms with E-state index in [0.29, 0.717) is 32.7 Å². The Morgan fingerprint density at radius 1 is 0.966 bits per heavy atom. The van der Waals surface area contributed by atoms with Crippen LogP contribution >= 0.6 is 0 Å². The fraction of sp³-hybridized carbons (Fsp3) is 0.381. The highest BCUT2D eigenvalue weighted by Gasteiger charge is 2.23. The van der Waals surface area contributed by atoms with Crippen LogP contribution in [0.25, 0.3) is 0 Å². The molecule has 2 aromatic carbocycles. The topological polar surface area (TPSA) is 76.2 Å². The first kappa shape index (κ1) is 21.3. The molecule has 156 valence electrons. The van der Waals surface area contributed by atoms with Crippen LogP contribution in [0, 0.1) is 6.92 Å². The average molecular weight is 419 g/mol. The summed E-state index contributed by atoms with van der Waals surface area (Å²) in [7, 11) is -3.75. The van der Waals surface area contributed by atoms with Gasteiger partial charge in [-0.25, -0.2) is 4.79 Å². The van der Waals surface area contributed by atoms with Gasteiger partial charge in [-0.1, -0.05) is 48.0 Å². The molecule has 2 aromatic rings. The molecule has 0 atom stereocenters. The largest absolute Gasteiger partial charge is 0.445 e. The maximum Gasteiger partial charge on any atom is 0.410 e. The van der Waals surface area contributed by atoms with Crippen LogP contribution < -0.4 is 0 Å². The summed E-state index contributed by atoms with van der Waals surface area (Å²) in [6, 6.07) is 16.1. The summed E-state index contributed by atoms with van der Waals surface area (Å²) in [6.07, 6.45) is -0.327. The summed E-state index contributed by atoms with van der Waals surface area (Å²) in [5, 5.41) is 0. The Bertz CT molecular complexity index is 892. The molecule has 0 aromatic heterocycles. The molecule has 7 nitrogen and oxygen atoms in total. The van der Waals surface area contributed by atoms with Crippen LogP contribution in [0.1, 0.15) is 11.1 Å². The molecule has 1 heterocycles. The van der Waals surface area contributed by atoms with E-state index in [4.69, 9.17) is 8.92 Å². The second-order valence-corrected chi connectivity index (χ2v) is 8.57. The van der Waals surface area contributed by atoms with E-state index in [9.17, 15) is 13.2 Å². The lowest BCUT2D eigenvalue weighted by atomic mass is 10.2. The molecular formula is C21H26N2O5S. The van der Waals surface area contributed by atoms with Crippen LogP contribution in [0.4, 0.5) is 4.79 Å². The summed E-state index contributed by atoms with van der Waals surface area (Å²) in [4.78, 5) is 16.1. The van der Waals surface area contributed by atoms with Gasteiger partial charge in [0.05, 0.1) is 11.5 Å². The van der Waals surface area contributed by atoms with E-state index >= 15 is 0 Å². The predicted octanol–water partition coefficient (Wildman–Crippen LogP) is 2.65. The molecule has 1 fully saturated rings. The van der Waals surface area contributed by atoms with Crippen molar-refractivity contribution in [2.45, 2.75) is 18.4 Å². The highest BCUT2D eigenvalue weighted by molar-refractivity contribution is 7.86. The molecule has 0 aliphatic carbocycles. The number of benzene rings is 2. The third kappa shape index (κ3) is 6.28. The number of rotatable bonds is 7. The summed E-state index contributed by atoms with van der Waals surface area (Å²) in [5.74, 6) is 0. The summed E-state index contributed by atoms with van der Waals surface area (Å²) < 4.78 is 34.9. The minimum absolute atomic E-state index is 0.0780. The third-order valence-electron chi connectivity index (χ3n) is 4.79. The summed E-state index contributed by atoms with van der Waals surface area (Å²) >= 11 is 0. The van der Waals surface area contributed by atoms with Crippen molar-refractivity contribution in [2.24, 2.45) is 0 Å². The minimum Gasteiger partial charge on any atom is -0.445 e. The molecule has 1 aliphatic rings. The predicted molar refractivity (Wildman–Crippen MR) is 109 cm³/mol. The first-order valence-corrected chi connectivity index (χ1v) is 11.0. The van der Waals surface area contributed by atoms with Crippen molar-refractivity contribution in [3.8, 4) is 0 Å². The highest BCUT2D eigenvalue weighted by atomic mass is 32.2. The third-order valence-corrected chi connectivity index (χ3v) is 6.12. The van der Waals surface area contributed by atoms with Gasteiger partial charge in [0.1, 0.15) is 6.61 Å². The molecule has 0 saturated carbocycles. The Hall–Kier alpha value is -2.42. The Labute approximate surface area is 172 Å². The number of amides is 1. The SMILES string of the molecule is Cc1ccc(S(=O)(=O)OCCN2CCN(C(=O)OCc3ccccc3)CC2)cc1. The number of carbonyl (C=O) groups excluding carboxylic acids is 1. The highest BCUT2D eigenvalue weighted by Crippen LogP contribution is 2.13. The Kier molecular flexibility index (Phi) is 7.24. The Morgan fingerprint density at radius 3 is 2.28 bits per heavy atom. The Morgan fingerprint density at radius 2 is 1.62 bits per heavy atom. The maximum atomic E-state index is 12.2. The van der Waals surface area contributed by atoms with Crippen molar-refractivity contribution in [3.63, 3.8) is 0 Å². The lowest BCUT2D eigenvalue weighted by Gasteiger charge is -2.33. The molecule has 0 unspecified atom stereocenters. The van der Waals surface area contributed by atoms with E-state index in [-0.39, 0.29) is 24.2 Å². The van der Waals surface area contributed by atoms with Crippen molar-refractivity contribution < 1.29 is 22.1 Å². The van der Waals surface area contributed by atoms with E-state index in [1.807, 2.05) is 37.3 Å². The van der Waals surface area contributed by atoms with Crippen LogP contribution in [0.2, 0.25) is 0 Å². The minimum atomic E-state index is -3.75. The lowest BCUT2D eigenvalue weighted by Crippen LogP contribution is -2.49. The van der Waals surface area contributed by atoms with Gasteiger partial charge < -0.3 is 9.64 Å². The second kappa shape index (κ2) is 9.87. The first-order chi connectivity index (χ1) is 13.9. The van der Waals surface area contributed by atoms with Crippen molar-refractivity contribution >= 4 is 16.2 Å². The molecule has 29 heavy (non-hydrogen) atoms. The van der Waals surface area contributed by atoms with Crippen LogP contribution in [0.5, 0.6) is 0 Å². The number of piperazine rings is 1. The molecule has 0 spiro atoms. The van der Waals surface area contributed by atoms with Gasteiger partial charge in [-0.15, -0.1) is 0 Å². The van der Waals surface area contributed by atoms with E-state index in [0.717, 1.165) is 11.1 Å². The zero-order valence-electron chi connectivity index (χ0n) is 16.5. The van der Waals surface area contributed by atoms with Crippen molar-refractivity contribution in [1.29, 1.82) is 0 Å². The molecule has 0 radical (unpaired) electrons. The monoisotopic (exact) mass is 418 g/mol. The lowest BCUT2D eigenvalue weighted by molar-refractivity contribution is 0.0687. The Balaban J connectivity index is 1.37. The van der Waals surface area contributed by atoms with Gasteiger partial charge in [-0.3, -0.25) is 9.08 Å². The van der Waals surface area contributed by atoms with Crippen molar-refractivity contribution in [1.82, 2.24) is 9.80 Å².